The van der Waals surface area contributed by atoms with E-state index in [2.05, 4.69) is 15.9 Å². The van der Waals surface area contributed by atoms with Crippen molar-refractivity contribution in [2.45, 2.75) is 0 Å². The smallest absolute Gasteiger partial charge is 0.231 e. The lowest BCUT2D eigenvalue weighted by molar-refractivity contribution is 0.174. The molecule has 3 nitrogen and oxygen atoms in total. The highest BCUT2D eigenvalue weighted by Gasteiger charge is 2.13. The summed E-state index contributed by atoms with van der Waals surface area (Å²) in [5.41, 5.74) is 0.479. The summed E-state index contributed by atoms with van der Waals surface area (Å²) < 4.78 is 15.5. The Labute approximate surface area is 78.4 Å². The quantitative estimate of drug-likeness (QED) is 0.730. The molecule has 0 aliphatic carbocycles. The summed E-state index contributed by atoms with van der Waals surface area (Å²) >= 11 is 3.17. The first-order chi connectivity index (χ1) is 5.90. The standard InChI is InChI=1S/C8H7BrO3/c9-4-10-6-1-2-7-8(3-6)12-5-11-7/h1-3H,4-5H2. The van der Waals surface area contributed by atoms with Crippen LogP contribution in [0.2, 0.25) is 0 Å². The molecule has 4 heteroatoms. The Morgan fingerprint density at radius 2 is 2.17 bits per heavy atom. The summed E-state index contributed by atoms with van der Waals surface area (Å²) in [7, 11) is 0. The molecule has 1 aliphatic rings. The fourth-order valence-corrected chi connectivity index (χ4v) is 1.29. The van der Waals surface area contributed by atoms with Gasteiger partial charge in [-0.3, -0.25) is 0 Å². The summed E-state index contributed by atoms with van der Waals surface area (Å²) in [5, 5.41) is 0. The van der Waals surface area contributed by atoms with Crippen LogP contribution in [-0.2, 0) is 0 Å². The van der Waals surface area contributed by atoms with Crippen molar-refractivity contribution in [2.24, 2.45) is 0 Å². The highest BCUT2D eigenvalue weighted by Crippen LogP contribution is 2.35. The zero-order chi connectivity index (χ0) is 8.39. The topological polar surface area (TPSA) is 27.7 Å². The Balaban J connectivity index is 2.26. The van der Waals surface area contributed by atoms with E-state index in [1.165, 1.54) is 0 Å². The number of hydrogen-bond acceptors (Lipinski definition) is 3. The molecule has 1 heterocycles. The van der Waals surface area contributed by atoms with Gasteiger partial charge in [0.05, 0.1) is 0 Å². The molecule has 1 aliphatic heterocycles. The first kappa shape index (κ1) is 7.73. The predicted octanol–water partition coefficient (Wildman–Crippen LogP) is 2.15. The second kappa shape index (κ2) is 3.23. The van der Waals surface area contributed by atoms with Crippen molar-refractivity contribution in [3.05, 3.63) is 18.2 Å². The Kier molecular flexibility index (Phi) is 2.08. The minimum absolute atomic E-state index is 0.299. The molecule has 0 saturated heterocycles. The monoisotopic (exact) mass is 230 g/mol. The van der Waals surface area contributed by atoms with Crippen LogP contribution in [0.3, 0.4) is 0 Å². The van der Waals surface area contributed by atoms with Gasteiger partial charge >= 0.3 is 0 Å². The summed E-state index contributed by atoms with van der Waals surface area (Å²) in [6.45, 7) is 0.299. The molecule has 1 aromatic carbocycles. The number of fused-ring (bicyclic) bond motifs is 1. The first-order valence-corrected chi connectivity index (χ1v) is 4.61. The lowest BCUT2D eigenvalue weighted by Crippen LogP contribution is -1.93. The minimum atomic E-state index is 0.299. The maximum absolute atomic E-state index is 5.21. The summed E-state index contributed by atoms with van der Waals surface area (Å²) in [6.07, 6.45) is 0. The number of hydrogen-bond donors (Lipinski definition) is 0. The second-order valence-corrected chi connectivity index (χ2v) is 2.73. The maximum Gasteiger partial charge on any atom is 0.231 e. The van der Waals surface area contributed by atoms with Gasteiger partial charge in [0.1, 0.15) is 11.3 Å². The third-order valence-corrected chi connectivity index (χ3v) is 1.79. The van der Waals surface area contributed by atoms with Crippen LogP contribution in [0.5, 0.6) is 17.2 Å². The normalized spacial score (nSPS) is 13.1. The van der Waals surface area contributed by atoms with E-state index in [9.17, 15) is 0 Å². The molecule has 12 heavy (non-hydrogen) atoms. The van der Waals surface area contributed by atoms with Crippen molar-refractivity contribution in [3.63, 3.8) is 0 Å². The highest BCUT2D eigenvalue weighted by atomic mass is 79.9. The number of ether oxygens (including phenoxy) is 3. The Bertz CT molecular complexity index is 288. The van der Waals surface area contributed by atoms with E-state index in [0.29, 0.717) is 12.3 Å². The van der Waals surface area contributed by atoms with Crippen molar-refractivity contribution in [1.29, 1.82) is 0 Å². The van der Waals surface area contributed by atoms with Gasteiger partial charge in [0.25, 0.3) is 0 Å². The van der Waals surface area contributed by atoms with Gasteiger partial charge in [0.2, 0.25) is 6.79 Å². The average molecular weight is 231 g/mol. The number of alkyl halides is 1. The molecule has 0 fully saturated rings. The van der Waals surface area contributed by atoms with Crippen LogP contribution in [-0.4, -0.2) is 12.3 Å². The molecule has 0 N–H and O–H groups in total. The molecule has 0 atom stereocenters. The zero-order valence-corrected chi connectivity index (χ0v) is 7.83. The van der Waals surface area contributed by atoms with Crippen LogP contribution in [0.15, 0.2) is 18.2 Å². The maximum atomic E-state index is 5.21. The third-order valence-electron chi connectivity index (χ3n) is 1.57. The van der Waals surface area contributed by atoms with E-state index in [-0.39, 0.29) is 0 Å². The van der Waals surface area contributed by atoms with E-state index in [0.717, 1.165) is 17.2 Å². The molecule has 0 amide bonds. The van der Waals surface area contributed by atoms with E-state index in [1.807, 2.05) is 18.2 Å². The van der Waals surface area contributed by atoms with Crippen LogP contribution in [0.25, 0.3) is 0 Å². The first-order valence-electron chi connectivity index (χ1n) is 3.48. The van der Waals surface area contributed by atoms with E-state index < -0.39 is 0 Å². The SMILES string of the molecule is BrCOc1ccc2c(c1)OCO2. The Hall–Kier alpha value is -0.900. The van der Waals surface area contributed by atoms with Crippen LogP contribution in [0.4, 0.5) is 0 Å². The molecule has 0 spiro atoms. The van der Waals surface area contributed by atoms with Gasteiger partial charge in [-0.2, -0.15) is 0 Å². The Morgan fingerprint density at radius 1 is 1.33 bits per heavy atom. The van der Waals surface area contributed by atoms with Crippen LogP contribution < -0.4 is 14.2 Å². The van der Waals surface area contributed by atoms with Crippen molar-refractivity contribution >= 4 is 15.9 Å². The van der Waals surface area contributed by atoms with Gasteiger partial charge in [0.15, 0.2) is 11.5 Å². The summed E-state index contributed by atoms with van der Waals surface area (Å²) in [5.74, 6) is 2.29. The number of rotatable bonds is 2. The van der Waals surface area contributed by atoms with Gasteiger partial charge < -0.3 is 14.2 Å². The van der Waals surface area contributed by atoms with E-state index >= 15 is 0 Å². The second-order valence-electron chi connectivity index (χ2n) is 2.27. The number of halogens is 1. The van der Waals surface area contributed by atoms with Crippen LogP contribution in [0, 0.1) is 0 Å². The largest absolute Gasteiger partial charge is 0.482 e. The van der Waals surface area contributed by atoms with E-state index in [4.69, 9.17) is 14.2 Å². The van der Waals surface area contributed by atoms with Gasteiger partial charge in [-0.1, -0.05) is 0 Å². The predicted molar refractivity (Wildman–Crippen MR) is 47.0 cm³/mol. The van der Waals surface area contributed by atoms with Crippen molar-refractivity contribution < 1.29 is 14.2 Å². The molecular formula is C8H7BrO3. The van der Waals surface area contributed by atoms with E-state index in [1.54, 1.807) is 0 Å². The Morgan fingerprint density at radius 3 is 3.00 bits per heavy atom. The highest BCUT2D eigenvalue weighted by molar-refractivity contribution is 9.09. The van der Waals surface area contributed by atoms with Crippen molar-refractivity contribution in [2.75, 3.05) is 12.3 Å². The summed E-state index contributed by atoms with van der Waals surface area (Å²) in [4.78, 5) is 0. The molecule has 0 aromatic heterocycles. The summed E-state index contributed by atoms with van der Waals surface area (Å²) in [6, 6.07) is 5.48. The molecule has 64 valence electrons. The molecule has 2 rings (SSSR count). The lowest BCUT2D eigenvalue weighted by Gasteiger charge is -2.01. The van der Waals surface area contributed by atoms with Crippen molar-refractivity contribution in [1.82, 2.24) is 0 Å². The molecule has 0 unspecified atom stereocenters. The molecule has 0 bridgehead atoms. The minimum Gasteiger partial charge on any atom is -0.482 e. The average Bonchev–Trinajstić information content (AvgIpc) is 2.51. The van der Waals surface area contributed by atoms with Gasteiger partial charge in [0, 0.05) is 6.07 Å². The number of benzene rings is 1. The molecule has 0 saturated carbocycles. The fraction of sp³-hybridized carbons (Fsp3) is 0.250. The van der Waals surface area contributed by atoms with Crippen LogP contribution in [0.1, 0.15) is 0 Å². The molecule has 1 aromatic rings. The van der Waals surface area contributed by atoms with Gasteiger partial charge in [-0.25, -0.2) is 0 Å². The lowest BCUT2D eigenvalue weighted by atomic mass is 10.3. The van der Waals surface area contributed by atoms with Gasteiger partial charge in [-0.15, -0.1) is 0 Å². The fourth-order valence-electron chi connectivity index (χ4n) is 1.03. The zero-order valence-electron chi connectivity index (χ0n) is 6.25. The van der Waals surface area contributed by atoms with Crippen LogP contribution >= 0.6 is 15.9 Å². The van der Waals surface area contributed by atoms with Crippen molar-refractivity contribution in [3.8, 4) is 17.2 Å². The third kappa shape index (κ3) is 1.34. The molecular weight excluding hydrogens is 224 g/mol. The van der Waals surface area contributed by atoms with Gasteiger partial charge in [-0.05, 0) is 28.1 Å². The molecule has 0 radical (unpaired) electrons.